The number of hydrogen-bond donors (Lipinski definition) is 3. The van der Waals surface area contributed by atoms with E-state index in [1.807, 2.05) is 0 Å². The first-order valence-electron chi connectivity index (χ1n) is 10.3. The molecule has 2 fully saturated rings. The molecule has 0 spiro atoms. The molecule has 0 radical (unpaired) electrons. The highest BCUT2D eigenvalue weighted by atomic mass is 35.5. The van der Waals surface area contributed by atoms with Gasteiger partial charge in [-0.15, -0.1) is 0 Å². The van der Waals surface area contributed by atoms with Gasteiger partial charge in [-0.3, -0.25) is 0 Å². The lowest BCUT2D eigenvalue weighted by atomic mass is 9.94. The third kappa shape index (κ3) is 5.76. The number of thiazole rings is 1. The van der Waals surface area contributed by atoms with E-state index in [0.717, 1.165) is 74.4 Å². The zero-order valence-electron chi connectivity index (χ0n) is 16.6. The van der Waals surface area contributed by atoms with Crippen LogP contribution < -0.4 is 15.4 Å². The van der Waals surface area contributed by atoms with Gasteiger partial charge < -0.3 is 20.3 Å². The molecule has 4 rings (SSSR count). The molecule has 2 saturated heterocycles. The van der Waals surface area contributed by atoms with E-state index in [4.69, 9.17) is 11.6 Å². The number of benzene rings is 1. The molecular weight excluding hydrogens is 448 g/mol. The molecule has 5 nitrogen and oxygen atoms in total. The third-order valence-corrected chi connectivity index (χ3v) is 7.61. The summed E-state index contributed by atoms with van der Waals surface area (Å²) >= 11 is 8.21. The van der Waals surface area contributed by atoms with Crippen molar-refractivity contribution in [3.05, 3.63) is 34.3 Å². The first-order chi connectivity index (χ1) is 14.6. The first kappa shape index (κ1) is 22.1. The SMILES string of the molecule is Fc1cnc(NSc2cc(Cl)c(NCCCCN3CC4CCCNC4C3)cc2F)s1. The lowest BCUT2D eigenvalue weighted by molar-refractivity contribution is 0.314. The Morgan fingerprint density at radius 1 is 1.30 bits per heavy atom. The van der Waals surface area contributed by atoms with E-state index in [-0.39, 0.29) is 5.82 Å². The van der Waals surface area contributed by atoms with Crippen LogP contribution in [0.5, 0.6) is 0 Å². The number of hydrogen-bond acceptors (Lipinski definition) is 7. The van der Waals surface area contributed by atoms with Gasteiger partial charge in [0.2, 0.25) is 0 Å². The Labute approximate surface area is 189 Å². The van der Waals surface area contributed by atoms with Crippen LogP contribution in [-0.4, -0.2) is 48.6 Å². The van der Waals surface area contributed by atoms with E-state index in [1.54, 1.807) is 6.07 Å². The van der Waals surface area contributed by atoms with Gasteiger partial charge in [-0.25, -0.2) is 9.37 Å². The lowest BCUT2D eigenvalue weighted by Crippen LogP contribution is -2.40. The first-order valence-corrected chi connectivity index (χ1v) is 12.3. The van der Waals surface area contributed by atoms with Crippen LogP contribution in [0.1, 0.15) is 25.7 Å². The summed E-state index contributed by atoms with van der Waals surface area (Å²) < 4.78 is 30.2. The van der Waals surface area contributed by atoms with E-state index >= 15 is 0 Å². The minimum atomic E-state index is -0.393. The maximum Gasteiger partial charge on any atom is 0.198 e. The summed E-state index contributed by atoms with van der Waals surface area (Å²) in [5.41, 5.74) is 0.593. The normalized spacial score (nSPS) is 21.6. The van der Waals surface area contributed by atoms with Gasteiger partial charge in [0.25, 0.3) is 0 Å². The number of nitrogens with zero attached hydrogens (tertiary/aromatic N) is 2. The number of likely N-dealkylation sites (tertiary alicyclic amines) is 1. The van der Waals surface area contributed by atoms with Crippen LogP contribution >= 0.6 is 34.9 Å². The van der Waals surface area contributed by atoms with Crippen molar-refractivity contribution in [3.63, 3.8) is 0 Å². The highest BCUT2D eigenvalue weighted by Crippen LogP contribution is 2.32. The van der Waals surface area contributed by atoms with Crippen molar-refractivity contribution >= 4 is 45.7 Å². The van der Waals surface area contributed by atoms with Gasteiger partial charge in [-0.1, -0.05) is 22.9 Å². The summed E-state index contributed by atoms with van der Waals surface area (Å²) in [6, 6.07) is 3.66. The van der Waals surface area contributed by atoms with Gasteiger partial charge >= 0.3 is 0 Å². The van der Waals surface area contributed by atoms with Crippen molar-refractivity contribution in [1.82, 2.24) is 15.2 Å². The molecule has 1 aromatic heterocycles. The number of halogens is 3. The second kappa shape index (κ2) is 10.5. The van der Waals surface area contributed by atoms with Crippen molar-refractivity contribution in [2.75, 3.05) is 42.8 Å². The molecule has 2 atom stereocenters. The third-order valence-electron chi connectivity index (χ3n) is 5.64. The zero-order valence-corrected chi connectivity index (χ0v) is 19.0. The second-order valence-corrected chi connectivity index (χ2v) is 10.0. The van der Waals surface area contributed by atoms with Crippen LogP contribution in [0.25, 0.3) is 0 Å². The molecule has 0 amide bonds. The van der Waals surface area contributed by atoms with Gasteiger partial charge in [0.05, 0.1) is 21.8 Å². The summed E-state index contributed by atoms with van der Waals surface area (Å²) in [5, 5.41) is 7.32. The Morgan fingerprint density at radius 3 is 3.00 bits per heavy atom. The van der Waals surface area contributed by atoms with Crippen LogP contribution in [0.4, 0.5) is 19.6 Å². The summed E-state index contributed by atoms with van der Waals surface area (Å²) in [4.78, 5) is 6.75. The van der Waals surface area contributed by atoms with Crippen LogP contribution in [0.15, 0.2) is 23.2 Å². The molecule has 0 bridgehead atoms. The maximum atomic E-state index is 14.4. The highest BCUT2D eigenvalue weighted by Gasteiger charge is 2.33. The number of unbranched alkanes of at least 4 members (excludes halogenated alkanes) is 1. The van der Waals surface area contributed by atoms with E-state index in [2.05, 4.69) is 25.2 Å². The van der Waals surface area contributed by atoms with Crippen LogP contribution in [0, 0.1) is 16.9 Å². The zero-order chi connectivity index (χ0) is 20.9. The molecule has 1 aromatic carbocycles. The number of piperidine rings is 1. The van der Waals surface area contributed by atoms with E-state index in [9.17, 15) is 8.78 Å². The smallest absolute Gasteiger partial charge is 0.198 e. The summed E-state index contributed by atoms with van der Waals surface area (Å²) in [5.74, 6) is 0.433. The number of rotatable bonds is 9. The van der Waals surface area contributed by atoms with Crippen molar-refractivity contribution in [2.24, 2.45) is 5.92 Å². The fraction of sp³-hybridized carbons (Fsp3) is 0.550. The largest absolute Gasteiger partial charge is 0.384 e. The average Bonchev–Trinajstić information content (AvgIpc) is 3.34. The highest BCUT2D eigenvalue weighted by molar-refractivity contribution is 8.00. The quantitative estimate of drug-likeness (QED) is 0.349. The second-order valence-electron chi connectivity index (χ2n) is 7.79. The summed E-state index contributed by atoms with van der Waals surface area (Å²) in [7, 11) is 0. The molecule has 0 aliphatic carbocycles. The Balaban J connectivity index is 1.18. The molecule has 164 valence electrons. The fourth-order valence-corrected chi connectivity index (χ4v) is 5.71. The molecule has 2 aromatic rings. The predicted molar refractivity (Wildman–Crippen MR) is 122 cm³/mol. The van der Waals surface area contributed by atoms with Gasteiger partial charge in [-0.2, -0.15) is 4.39 Å². The monoisotopic (exact) mass is 473 g/mol. The molecule has 3 N–H and O–H groups in total. The molecule has 0 saturated carbocycles. The standard InChI is InChI=1S/C20H26ClF2N5S2/c21-14-8-18(30-27-20-26-10-19(23)29-20)15(22)9-16(14)24-5-1-2-7-28-11-13-4-3-6-25-17(13)12-28/h8-10,13,17,24-25H,1-7,11-12H2,(H,26,27). The van der Waals surface area contributed by atoms with Crippen molar-refractivity contribution in [3.8, 4) is 0 Å². The Hall–Kier alpha value is -1.13. The van der Waals surface area contributed by atoms with Crippen molar-refractivity contribution < 1.29 is 8.78 Å². The van der Waals surface area contributed by atoms with Gasteiger partial charge in [0.1, 0.15) is 5.82 Å². The summed E-state index contributed by atoms with van der Waals surface area (Å²) in [6.45, 7) is 5.39. The minimum Gasteiger partial charge on any atom is -0.384 e. The van der Waals surface area contributed by atoms with E-state index < -0.39 is 5.13 Å². The van der Waals surface area contributed by atoms with Crippen molar-refractivity contribution in [2.45, 2.75) is 36.6 Å². The summed E-state index contributed by atoms with van der Waals surface area (Å²) in [6.07, 6.45) is 5.88. The molecule has 2 aliphatic rings. The van der Waals surface area contributed by atoms with Gasteiger partial charge in [0.15, 0.2) is 10.3 Å². The van der Waals surface area contributed by atoms with Crippen LogP contribution in [0.2, 0.25) is 5.02 Å². The molecule has 2 aliphatic heterocycles. The number of nitrogens with one attached hydrogen (secondary N) is 3. The number of fused-ring (bicyclic) bond motifs is 1. The topological polar surface area (TPSA) is 52.2 Å². The predicted octanol–water partition coefficient (Wildman–Crippen LogP) is 5.07. The van der Waals surface area contributed by atoms with Crippen LogP contribution in [0.3, 0.4) is 0 Å². The Morgan fingerprint density at radius 2 is 2.20 bits per heavy atom. The Kier molecular flexibility index (Phi) is 7.69. The van der Waals surface area contributed by atoms with Crippen LogP contribution in [-0.2, 0) is 0 Å². The lowest BCUT2D eigenvalue weighted by Gasteiger charge is -2.24. The number of aromatic nitrogens is 1. The van der Waals surface area contributed by atoms with Gasteiger partial charge in [0, 0.05) is 25.7 Å². The fourth-order valence-electron chi connectivity index (χ4n) is 4.14. The molecule has 2 unspecified atom stereocenters. The average molecular weight is 474 g/mol. The van der Waals surface area contributed by atoms with Gasteiger partial charge in [-0.05, 0) is 68.8 Å². The minimum absolute atomic E-state index is 0.338. The number of anilines is 2. The molecular formula is C20H26ClF2N5S2. The van der Waals surface area contributed by atoms with E-state index in [1.165, 1.54) is 25.5 Å². The molecule has 3 heterocycles. The van der Waals surface area contributed by atoms with Crippen molar-refractivity contribution in [1.29, 1.82) is 0 Å². The van der Waals surface area contributed by atoms with E-state index in [0.29, 0.717) is 26.8 Å². The molecule has 30 heavy (non-hydrogen) atoms. The molecule has 10 heteroatoms. The Bertz CT molecular complexity index is 839. The maximum absolute atomic E-state index is 14.4.